The van der Waals surface area contributed by atoms with Gasteiger partial charge >= 0.3 is 12.8 Å². The second-order valence-electron chi connectivity index (χ2n) is 11.9. The standard InChI is InChI=1S/C30H32F5N5O2/c1-29(7-4-8-29)36-14-17-9-22-23(24(10-17)30(33,34)35)15-40(27(22)41)20-6-3-5-18(11-20)25(26-38-37-16-39(26)2)19-12-21(13-19)42-28(31)32/h3,5-6,9-11,16,19,21,25,28,36H,4,7-8,12-15H2,1-2H3/t19-,21+,25?. The number of nitrogens with zero attached hydrogens (tertiary/aromatic N) is 4. The summed E-state index contributed by atoms with van der Waals surface area (Å²) in [4.78, 5) is 15.0. The van der Waals surface area contributed by atoms with Crippen LogP contribution in [-0.4, -0.2) is 38.9 Å². The van der Waals surface area contributed by atoms with E-state index in [-0.39, 0.29) is 41.6 Å². The predicted octanol–water partition coefficient (Wildman–Crippen LogP) is 6.18. The predicted molar refractivity (Wildman–Crippen MR) is 144 cm³/mol. The van der Waals surface area contributed by atoms with Crippen LogP contribution in [0.4, 0.5) is 27.6 Å². The van der Waals surface area contributed by atoms with Crippen molar-refractivity contribution in [1.82, 2.24) is 20.1 Å². The van der Waals surface area contributed by atoms with Crippen LogP contribution < -0.4 is 10.2 Å². The van der Waals surface area contributed by atoms with Gasteiger partial charge in [-0.05, 0) is 85.9 Å². The van der Waals surface area contributed by atoms with E-state index in [9.17, 15) is 26.7 Å². The molecule has 1 atom stereocenters. The first-order valence-corrected chi connectivity index (χ1v) is 14.1. The van der Waals surface area contributed by atoms with E-state index in [1.54, 1.807) is 42.2 Å². The molecule has 3 aliphatic rings. The maximum Gasteiger partial charge on any atom is 0.416 e. The van der Waals surface area contributed by atoms with Gasteiger partial charge in [-0.1, -0.05) is 12.1 Å². The molecule has 6 rings (SSSR count). The van der Waals surface area contributed by atoms with E-state index in [0.29, 0.717) is 29.9 Å². The highest BCUT2D eigenvalue weighted by atomic mass is 19.4. The molecule has 224 valence electrons. The van der Waals surface area contributed by atoms with Crippen LogP contribution in [0.1, 0.15) is 83.4 Å². The highest BCUT2D eigenvalue weighted by Gasteiger charge is 2.43. The number of hydrogen-bond acceptors (Lipinski definition) is 5. The quantitative estimate of drug-likeness (QED) is 0.302. The van der Waals surface area contributed by atoms with Crippen LogP contribution in [0.25, 0.3) is 0 Å². The molecule has 2 fully saturated rings. The number of carbonyl (C=O) groups excluding carboxylic acids is 1. The van der Waals surface area contributed by atoms with Gasteiger partial charge in [0.1, 0.15) is 12.2 Å². The van der Waals surface area contributed by atoms with Gasteiger partial charge in [0.05, 0.1) is 18.2 Å². The molecule has 1 amide bonds. The molecule has 1 aromatic heterocycles. The Morgan fingerprint density at radius 2 is 1.93 bits per heavy atom. The Balaban J connectivity index is 1.30. The fourth-order valence-electron chi connectivity index (χ4n) is 6.46. The Hall–Kier alpha value is -3.38. The lowest BCUT2D eigenvalue weighted by atomic mass is 9.70. The molecule has 7 nitrogen and oxygen atoms in total. The lowest BCUT2D eigenvalue weighted by Crippen LogP contribution is -2.47. The third kappa shape index (κ3) is 5.42. The Morgan fingerprint density at radius 3 is 2.55 bits per heavy atom. The topological polar surface area (TPSA) is 72.3 Å². The fourth-order valence-corrected chi connectivity index (χ4v) is 6.46. The molecule has 0 spiro atoms. The largest absolute Gasteiger partial charge is 0.416 e. The van der Waals surface area contributed by atoms with E-state index >= 15 is 0 Å². The van der Waals surface area contributed by atoms with Gasteiger partial charge in [0.15, 0.2) is 0 Å². The van der Waals surface area contributed by atoms with Crippen LogP contribution in [0.3, 0.4) is 0 Å². The van der Waals surface area contributed by atoms with E-state index < -0.39 is 30.4 Å². The molecule has 2 heterocycles. The summed E-state index contributed by atoms with van der Waals surface area (Å²) in [6.45, 7) is -0.764. The third-order valence-corrected chi connectivity index (χ3v) is 9.05. The SMILES string of the molecule is Cn1cnnc1C(c1cccc(N2Cc3c(cc(CNC4(C)CCC4)cc3C(F)(F)F)C2=O)c1)[C@H]1C[C@@H](OC(F)F)C1. The van der Waals surface area contributed by atoms with Crippen molar-refractivity contribution in [2.45, 2.75) is 82.5 Å². The maximum absolute atomic E-state index is 14.2. The van der Waals surface area contributed by atoms with Gasteiger partial charge in [0.25, 0.3) is 5.91 Å². The zero-order valence-corrected chi connectivity index (χ0v) is 23.3. The van der Waals surface area contributed by atoms with E-state index in [2.05, 4.69) is 27.2 Å². The molecule has 0 bridgehead atoms. The summed E-state index contributed by atoms with van der Waals surface area (Å²) >= 11 is 0. The molecule has 3 aromatic rings. The van der Waals surface area contributed by atoms with E-state index in [4.69, 9.17) is 0 Å². The first-order valence-electron chi connectivity index (χ1n) is 14.1. The van der Waals surface area contributed by atoms with Gasteiger partial charge < -0.3 is 19.5 Å². The number of alkyl halides is 5. The van der Waals surface area contributed by atoms with Gasteiger partial charge in [0, 0.05) is 36.3 Å². The van der Waals surface area contributed by atoms with Crippen molar-refractivity contribution in [3.8, 4) is 0 Å². The minimum atomic E-state index is -4.62. The summed E-state index contributed by atoms with van der Waals surface area (Å²) in [5.41, 5.74) is 0.774. The summed E-state index contributed by atoms with van der Waals surface area (Å²) in [7, 11) is 1.79. The number of rotatable bonds is 9. The summed E-state index contributed by atoms with van der Waals surface area (Å²) in [5, 5.41) is 11.6. The number of fused-ring (bicyclic) bond motifs is 1. The Bertz CT molecular complexity index is 1480. The zero-order chi connectivity index (χ0) is 29.8. The maximum atomic E-state index is 14.2. The highest BCUT2D eigenvalue weighted by Crippen LogP contribution is 2.46. The molecule has 1 unspecified atom stereocenters. The first kappa shape index (κ1) is 28.7. The molecule has 2 saturated carbocycles. The van der Waals surface area contributed by atoms with Crippen LogP contribution in [0, 0.1) is 5.92 Å². The summed E-state index contributed by atoms with van der Waals surface area (Å²) < 4.78 is 74.6. The number of hydrogen-bond donors (Lipinski definition) is 1. The van der Waals surface area contributed by atoms with Crippen molar-refractivity contribution in [3.63, 3.8) is 0 Å². The fraction of sp³-hybridized carbons (Fsp3) is 0.500. The van der Waals surface area contributed by atoms with Crippen LogP contribution in [-0.2, 0) is 31.1 Å². The van der Waals surface area contributed by atoms with Crippen molar-refractivity contribution in [3.05, 3.63) is 76.4 Å². The molecule has 2 aliphatic carbocycles. The van der Waals surface area contributed by atoms with Crippen LogP contribution in [0.15, 0.2) is 42.7 Å². The van der Waals surface area contributed by atoms with Gasteiger partial charge in [-0.2, -0.15) is 22.0 Å². The number of amides is 1. The molecule has 0 radical (unpaired) electrons. The number of halogens is 5. The van der Waals surface area contributed by atoms with Crippen molar-refractivity contribution in [2.24, 2.45) is 13.0 Å². The van der Waals surface area contributed by atoms with E-state index in [1.807, 2.05) is 6.07 Å². The number of nitrogens with one attached hydrogen (secondary N) is 1. The summed E-state index contributed by atoms with van der Waals surface area (Å²) in [6.07, 6.45) is 0.156. The average molecular weight is 590 g/mol. The Morgan fingerprint density at radius 1 is 1.17 bits per heavy atom. The molecular formula is C30H32F5N5O2. The van der Waals surface area contributed by atoms with E-state index in [0.717, 1.165) is 30.9 Å². The molecule has 1 N–H and O–H groups in total. The second kappa shape index (κ2) is 10.7. The average Bonchev–Trinajstić information content (AvgIpc) is 3.46. The Kier molecular flexibility index (Phi) is 7.33. The molecule has 1 aliphatic heterocycles. The van der Waals surface area contributed by atoms with Crippen molar-refractivity contribution >= 4 is 11.6 Å². The first-order chi connectivity index (χ1) is 19.9. The van der Waals surface area contributed by atoms with Crippen LogP contribution in [0.2, 0.25) is 0 Å². The molecule has 2 aromatic carbocycles. The van der Waals surface area contributed by atoms with Gasteiger partial charge in [0.2, 0.25) is 0 Å². The molecule has 12 heteroatoms. The smallest absolute Gasteiger partial charge is 0.320 e. The van der Waals surface area contributed by atoms with Crippen LogP contribution >= 0.6 is 0 Å². The number of aryl methyl sites for hydroxylation is 1. The molecule has 0 saturated heterocycles. The van der Waals surface area contributed by atoms with E-state index in [1.165, 1.54) is 4.90 Å². The third-order valence-electron chi connectivity index (χ3n) is 9.05. The van der Waals surface area contributed by atoms with Gasteiger partial charge in [-0.3, -0.25) is 4.79 Å². The second-order valence-corrected chi connectivity index (χ2v) is 11.9. The van der Waals surface area contributed by atoms with Crippen molar-refractivity contribution < 1.29 is 31.5 Å². The van der Waals surface area contributed by atoms with Crippen molar-refractivity contribution in [2.75, 3.05) is 4.90 Å². The van der Waals surface area contributed by atoms with Gasteiger partial charge in [-0.15, -0.1) is 10.2 Å². The normalized spacial score (nSPS) is 22.2. The monoisotopic (exact) mass is 589 g/mol. The number of carbonyl (C=O) groups is 1. The number of ether oxygens (including phenoxy) is 1. The molecular weight excluding hydrogens is 557 g/mol. The number of aromatic nitrogens is 3. The lowest BCUT2D eigenvalue weighted by molar-refractivity contribution is -0.192. The van der Waals surface area contributed by atoms with Gasteiger partial charge in [-0.25, -0.2) is 0 Å². The van der Waals surface area contributed by atoms with Crippen LogP contribution in [0.5, 0.6) is 0 Å². The van der Waals surface area contributed by atoms with Crippen molar-refractivity contribution in [1.29, 1.82) is 0 Å². The Labute approximate surface area is 240 Å². The minimum Gasteiger partial charge on any atom is -0.320 e. The zero-order valence-electron chi connectivity index (χ0n) is 23.3. The minimum absolute atomic E-state index is 0.0349. The summed E-state index contributed by atoms with van der Waals surface area (Å²) in [6, 6.07) is 9.79. The molecule has 42 heavy (non-hydrogen) atoms. The lowest BCUT2D eigenvalue weighted by Gasteiger charge is -2.39. The summed E-state index contributed by atoms with van der Waals surface area (Å²) in [5.74, 6) is -0.261. The number of anilines is 1. The highest BCUT2D eigenvalue weighted by molar-refractivity contribution is 6.10. The number of benzene rings is 2.